The Morgan fingerprint density at radius 3 is 2.46 bits per heavy atom. The van der Waals surface area contributed by atoms with Gasteiger partial charge in [0.05, 0.1) is 11.5 Å². The number of carbonyl (C=O) groups excluding carboxylic acids is 2. The lowest BCUT2D eigenvalue weighted by atomic mass is 10.1. The monoisotopic (exact) mass is 392 g/mol. The van der Waals surface area contributed by atoms with Crippen LogP contribution in [0.3, 0.4) is 0 Å². The maximum atomic E-state index is 12.4. The number of carbonyl (C=O) groups is 2. The van der Waals surface area contributed by atoms with E-state index in [-0.39, 0.29) is 29.4 Å². The lowest BCUT2D eigenvalue weighted by Gasteiger charge is -2.09. The Labute approximate surface area is 162 Å². The van der Waals surface area contributed by atoms with Crippen LogP contribution in [0, 0.1) is 37.8 Å². The summed E-state index contributed by atoms with van der Waals surface area (Å²) in [5.41, 5.74) is 2.53. The molecular weight excluding hydrogens is 368 g/mol. The lowest BCUT2D eigenvalue weighted by Crippen LogP contribution is -2.20. The van der Waals surface area contributed by atoms with Crippen LogP contribution in [0.5, 0.6) is 0 Å². The molecule has 2 rings (SSSR count). The van der Waals surface area contributed by atoms with E-state index in [9.17, 15) is 19.7 Å². The number of aryl methyl sites for hydroxylation is 2. The third kappa shape index (κ3) is 4.45. The van der Waals surface area contributed by atoms with Gasteiger partial charge in [-0.25, -0.2) is 0 Å². The van der Waals surface area contributed by atoms with Crippen molar-refractivity contribution in [3.8, 4) is 0 Å². The highest BCUT2D eigenvalue weighted by Crippen LogP contribution is 2.21. The van der Waals surface area contributed by atoms with Gasteiger partial charge in [0.25, 0.3) is 0 Å². The third-order valence-corrected chi connectivity index (χ3v) is 4.56. The summed E-state index contributed by atoms with van der Waals surface area (Å²) in [6, 6.07) is 1.76. The summed E-state index contributed by atoms with van der Waals surface area (Å²) in [7, 11) is 1.61. The largest absolute Gasteiger partial charge is 0.456 e. The van der Waals surface area contributed by atoms with Crippen LogP contribution in [0.15, 0.2) is 6.07 Å². The minimum absolute atomic E-state index is 0.132. The van der Waals surface area contributed by atoms with Gasteiger partial charge < -0.3 is 14.0 Å². The van der Waals surface area contributed by atoms with E-state index < -0.39 is 17.5 Å². The van der Waals surface area contributed by atoms with Crippen LogP contribution in [0.2, 0.25) is 0 Å². The average molecular weight is 392 g/mol. The van der Waals surface area contributed by atoms with Crippen LogP contribution in [-0.2, 0) is 27.4 Å². The standard InChI is InChI=1S/C18H24N4O6/c1-11-8-15(13(3)20(11)6-7-27-5)16(23)10-28-17(24)9-21-14(4)18(22(25)26)12(2)19-21/h8H,6-7,9-10H2,1-5H3. The fourth-order valence-electron chi connectivity index (χ4n) is 3.11. The van der Waals surface area contributed by atoms with Crippen LogP contribution in [-0.4, -0.2) is 51.3 Å². The van der Waals surface area contributed by atoms with E-state index >= 15 is 0 Å². The number of methoxy groups -OCH3 is 1. The quantitative estimate of drug-likeness (QED) is 0.277. The van der Waals surface area contributed by atoms with Gasteiger partial charge in [0.15, 0.2) is 6.61 Å². The Hall–Kier alpha value is -3.01. The number of Topliss-reactive ketones (excluding diaryl/α,β-unsaturated/α-hetero) is 1. The Bertz CT molecular complexity index is 912. The fourth-order valence-corrected chi connectivity index (χ4v) is 3.11. The molecule has 0 radical (unpaired) electrons. The number of nitrogens with zero attached hydrogens (tertiary/aromatic N) is 4. The molecule has 28 heavy (non-hydrogen) atoms. The minimum Gasteiger partial charge on any atom is -0.456 e. The van der Waals surface area contributed by atoms with Gasteiger partial charge in [-0.1, -0.05) is 0 Å². The Balaban J connectivity index is 2.01. The van der Waals surface area contributed by atoms with Crippen molar-refractivity contribution in [1.82, 2.24) is 14.3 Å². The number of ether oxygens (including phenoxy) is 2. The Morgan fingerprint density at radius 1 is 1.21 bits per heavy atom. The summed E-state index contributed by atoms with van der Waals surface area (Å²) in [5.74, 6) is -1.01. The first-order valence-electron chi connectivity index (χ1n) is 8.70. The van der Waals surface area contributed by atoms with E-state index in [0.717, 1.165) is 11.4 Å². The van der Waals surface area contributed by atoms with Crippen molar-refractivity contribution in [2.24, 2.45) is 0 Å². The molecule has 0 aliphatic rings. The van der Waals surface area contributed by atoms with Crippen molar-refractivity contribution in [2.75, 3.05) is 20.3 Å². The molecule has 2 heterocycles. The van der Waals surface area contributed by atoms with Crippen molar-refractivity contribution in [2.45, 2.75) is 40.8 Å². The zero-order chi connectivity index (χ0) is 21.0. The van der Waals surface area contributed by atoms with Crippen LogP contribution in [0.1, 0.15) is 33.1 Å². The summed E-state index contributed by atoms with van der Waals surface area (Å²) in [6.45, 7) is 7.15. The summed E-state index contributed by atoms with van der Waals surface area (Å²) >= 11 is 0. The van der Waals surface area contributed by atoms with Gasteiger partial charge in [0.2, 0.25) is 5.78 Å². The molecular formula is C18H24N4O6. The number of rotatable bonds is 9. The molecule has 10 heteroatoms. The smallest absolute Gasteiger partial charge is 0.328 e. The van der Waals surface area contributed by atoms with Crippen LogP contribution in [0.25, 0.3) is 0 Å². The van der Waals surface area contributed by atoms with E-state index in [1.807, 2.05) is 18.4 Å². The fraction of sp³-hybridized carbons (Fsp3) is 0.500. The molecule has 0 amide bonds. The van der Waals surface area contributed by atoms with Crippen molar-refractivity contribution in [1.29, 1.82) is 0 Å². The highest BCUT2D eigenvalue weighted by atomic mass is 16.6. The number of ketones is 1. The van der Waals surface area contributed by atoms with Gasteiger partial charge in [-0.2, -0.15) is 5.10 Å². The normalized spacial score (nSPS) is 10.9. The second-order valence-electron chi connectivity index (χ2n) is 6.45. The van der Waals surface area contributed by atoms with Gasteiger partial charge in [0, 0.05) is 30.6 Å². The summed E-state index contributed by atoms with van der Waals surface area (Å²) in [6.07, 6.45) is 0. The summed E-state index contributed by atoms with van der Waals surface area (Å²) < 4.78 is 13.3. The molecule has 0 aliphatic carbocycles. The predicted molar refractivity (Wildman–Crippen MR) is 99.4 cm³/mol. The molecule has 0 spiro atoms. The summed E-state index contributed by atoms with van der Waals surface area (Å²) in [4.78, 5) is 35.0. The SMILES string of the molecule is COCCn1c(C)cc(C(=O)COC(=O)Cn2nc(C)c([N+](=O)[O-])c2C)c1C. The number of hydrogen-bond donors (Lipinski definition) is 0. The van der Waals surface area contributed by atoms with Crippen molar-refractivity contribution in [3.63, 3.8) is 0 Å². The molecule has 2 aromatic rings. The molecule has 0 unspecified atom stereocenters. The second kappa shape index (κ2) is 8.79. The molecule has 0 N–H and O–H groups in total. The lowest BCUT2D eigenvalue weighted by molar-refractivity contribution is -0.386. The first-order valence-corrected chi connectivity index (χ1v) is 8.70. The van der Waals surface area contributed by atoms with Crippen molar-refractivity contribution >= 4 is 17.4 Å². The molecule has 0 aliphatic heterocycles. The third-order valence-electron chi connectivity index (χ3n) is 4.56. The molecule has 10 nitrogen and oxygen atoms in total. The minimum atomic E-state index is -0.693. The van der Waals surface area contributed by atoms with E-state index in [4.69, 9.17) is 9.47 Å². The van der Waals surface area contributed by atoms with Gasteiger partial charge in [-0.15, -0.1) is 0 Å². The first-order chi connectivity index (χ1) is 13.2. The molecule has 0 fully saturated rings. The van der Waals surface area contributed by atoms with E-state index in [2.05, 4.69) is 5.10 Å². The molecule has 0 aromatic carbocycles. The van der Waals surface area contributed by atoms with Gasteiger partial charge in [-0.05, 0) is 33.8 Å². The van der Waals surface area contributed by atoms with Crippen LogP contribution >= 0.6 is 0 Å². The maximum Gasteiger partial charge on any atom is 0.328 e. The van der Waals surface area contributed by atoms with Crippen molar-refractivity contribution < 1.29 is 24.0 Å². The van der Waals surface area contributed by atoms with Gasteiger partial charge >= 0.3 is 11.7 Å². The molecule has 0 atom stereocenters. The number of hydrogen-bond acceptors (Lipinski definition) is 7. The number of aromatic nitrogens is 3. The summed E-state index contributed by atoms with van der Waals surface area (Å²) in [5, 5.41) is 15.0. The zero-order valence-electron chi connectivity index (χ0n) is 16.6. The number of nitro groups is 1. The maximum absolute atomic E-state index is 12.4. The predicted octanol–water partition coefficient (Wildman–Crippen LogP) is 1.90. The average Bonchev–Trinajstić information content (AvgIpc) is 3.06. The van der Waals surface area contributed by atoms with Crippen LogP contribution in [0.4, 0.5) is 5.69 Å². The molecule has 2 aromatic heterocycles. The van der Waals surface area contributed by atoms with E-state index in [1.54, 1.807) is 13.2 Å². The van der Waals surface area contributed by atoms with Gasteiger partial charge in [0.1, 0.15) is 17.9 Å². The van der Waals surface area contributed by atoms with E-state index in [1.165, 1.54) is 18.5 Å². The highest BCUT2D eigenvalue weighted by Gasteiger charge is 2.23. The Kier molecular flexibility index (Phi) is 6.68. The van der Waals surface area contributed by atoms with Crippen LogP contribution < -0.4 is 0 Å². The number of esters is 1. The zero-order valence-corrected chi connectivity index (χ0v) is 16.6. The van der Waals surface area contributed by atoms with Crippen molar-refractivity contribution in [3.05, 3.63) is 44.5 Å². The Morgan fingerprint density at radius 2 is 1.89 bits per heavy atom. The molecule has 0 saturated carbocycles. The topological polar surface area (TPSA) is 118 Å². The molecule has 152 valence electrons. The second-order valence-corrected chi connectivity index (χ2v) is 6.45. The highest BCUT2D eigenvalue weighted by molar-refractivity contribution is 5.99. The molecule has 0 saturated heterocycles. The molecule has 0 bridgehead atoms. The van der Waals surface area contributed by atoms with E-state index in [0.29, 0.717) is 18.7 Å². The first kappa shape index (κ1) is 21.3. The van der Waals surface area contributed by atoms with Gasteiger partial charge in [-0.3, -0.25) is 24.4 Å².